The average molecular weight is 445 g/mol. The molecule has 1 heterocycles. The van der Waals surface area contributed by atoms with Crippen molar-refractivity contribution in [2.75, 3.05) is 4.72 Å². The molecule has 1 N–H and O–H groups in total. The van der Waals surface area contributed by atoms with Gasteiger partial charge in [-0.15, -0.1) is 0 Å². The summed E-state index contributed by atoms with van der Waals surface area (Å²) in [4.78, 5) is 4.35. The zero-order valence-corrected chi connectivity index (χ0v) is 17.9. The minimum absolute atomic E-state index is 0.136. The highest BCUT2D eigenvalue weighted by molar-refractivity contribution is 7.93. The average Bonchev–Trinajstić information content (AvgIpc) is 3.44. The number of hydrogen-bond acceptors (Lipinski definition) is 3. The Balaban J connectivity index is 1.30. The summed E-state index contributed by atoms with van der Waals surface area (Å²) in [6.07, 6.45) is 6.02. The normalized spacial score (nSPS) is 26.1. The maximum Gasteiger partial charge on any atom is 0.236 e. The number of hydrogen-bond donors (Lipinski definition) is 1. The van der Waals surface area contributed by atoms with Crippen LogP contribution in [0.1, 0.15) is 43.6 Å². The van der Waals surface area contributed by atoms with Crippen LogP contribution in [0.5, 0.6) is 0 Å². The largest absolute Gasteiger partial charge is 0.283 e. The van der Waals surface area contributed by atoms with Gasteiger partial charge in [0.05, 0.1) is 10.8 Å². The second-order valence-electron chi connectivity index (χ2n) is 8.55. The van der Waals surface area contributed by atoms with E-state index in [0.29, 0.717) is 23.0 Å². The Kier molecular flexibility index (Phi) is 4.75. The van der Waals surface area contributed by atoms with Crippen molar-refractivity contribution < 1.29 is 12.8 Å². The zero-order chi connectivity index (χ0) is 20.9. The molecule has 156 valence electrons. The van der Waals surface area contributed by atoms with E-state index in [0.717, 1.165) is 42.1 Å². The number of aromatic nitrogens is 1. The Bertz CT molecular complexity index is 1210. The fourth-order valence-electron chi connectivity index (χ4n) is 5.03. The maximum atomic E-state index is 13.8. The molecule has 7 heteroatoms. The van der Waals surface area contributed by atoms with Gasteiger partial charge in [-0.2, -0.15) is 0 Å². The highest BCUT2D eigenvalue weighted by Gasteiger charge is 2.61. The first-order chi connectivity index (χ1) is 14.4. The molecule has 2 fully saturated rings. The molecule has 3 aromatic rings. The molecule has 0 saturated heterocycles. The summed E-state index contributed by atoms with van der Waals surface area (Å²) in [6, 6.07) is 13.4. The van der Waals surface area contributed by atoms with Crippen LogP contribution in [0.4, 0.5) is 10.1 Å². The van der Waals surface area contributed by atoms with Gasteiger partial charge in [0.1, 0.15) is 5.82 Å². The lowest BCUT2D eigenvalue weighted by Crippen LogP contribution is -2.25. The maximum absolute atomic E-state index is 13.8. The zero-order valence-electron chi connectivity index (χ0n) is 16.3. The number of pyridine rings is 1. The van der Waals surface area contributed by atoms with Crippen molar-refractivity contribution in [1.29, 1.82) is 0 Å². The molecule has 2 aromatic carbocycles. The smallest absolute Gasteiger partial charge is 0.236 e. The number of sulfonamides is 1. The van der Waals surface area contributed by atoms with Crippen LogP contribution >= 0.6 is 11.6 Å². The van der Waals surface area contributed by atoms with E-state index in [4.69, 9.17) is 11.6 Å². The number of halogens is 2. The van der Waals surface area contributed by atoms with Crippen LogP contribution in [0, 0.1) is 11.2 Å². The molecule has 0 bridgehead atoms. The van der Waals surface area contributed by atoms with Crippen LogP contribution in [-0.4, -0.2) is 18.7 Å². The highest BCUT2D eigenvalue weighted by Crippen LogP contribution is 2.61. The van der Waals surface area contributed by atoms with E-state index in [1.54, 1.807) is 42.6 Å². The molecule has 1 atom stereocenters. The highest BCUT2D eigenvalue weighted by atomic mass is 35.5. The molecule has 5 rings (SSSR count). The van der Waals surface area contributed by atoms with E-state index in [-0.39, 0.29) is 16.5 Å². The van der Waals surface area contributed by atoms with Crippen molar-refractivity contribution in [3.8, 4) is 0 Å². The molecule has 1 unspecified atom stereocenters. The van der Waals surface area contributed by atoms with Crippen molar-refractivity contribution in [3.63, 3.8) is 0 Å². The van der Waals surface area contributed by atoms with Gasteiger partial charge < -0.3 is 0 Å². The van der Waals surface area contributed by atoms with Gasteiger partial charge in [-0.1, -0.05) is 11.6 Å². The molecule has 2 aliphatic carbocycles. The summed E-state index contributed by atoms with van der Waals surface area (Å²) in [7, 11) is -3.44. The Labute approximate surface area is 180 Å². The van der Waals surface area contributed by atoms with Crippen molar-refractivity contribution >= 4 is 38.2 Å². The molecule has 2 saturated carbocycles. The Hall–Kier alpha value is -2.18. The van der Waals surface area contributed by atoms with Crippen molar-refractivity contribution in [2.24, 2.45) is 5.41 Å². The van der Waals surface area contributed by atoms with Crippen molar-refractivity contribution in [3.05, 3.63) is 71.1 Å². The number of nitrogens with zero attached hydrogens (tertiary/aromatic N) is 1. The summed E-state index contributed by atoms with van der Waals surface area (Å²) in [5, 5.41) is 1.08. The molecule has 1 spiro atoms. The number of rotatable bonds is 4. The Morgan fingerprint density at radius 2 is 1.80 bits per heavy atom. The number of nitrogens with one attached hydrogen (secondary N) is 1. The van der Waals surface area contributed by atoms with Gasteiger partial charge in [-0.05, 0) is 97.5 Å². The first-order valence-electron chi connectivity index (χ1n) is 10.2. The second-order valence-corrected chi connectivity index (χ2v) is 10.8. The topological polar surface area (TPSA) is 59.1 Å². The number of anilines is 1. The molecule has 30 heavy (non-hydrogen) atoms. The first-order valence-corrected chi connectivity index (χ1v) is 12.1. The third-order valence-electron chi connectivity index (χ3n) is 6.75. The predicted molar refractivity (Wildman–Crippen MR) is 118 cm³/mol. The Morgan fingerprint density at radius 1 is 1.07 bits per heavy atom. The summed E-state index contributed by atoms with van der Waals surface area (Å²) in [6.45, 7) is 0. The van der Waals surface area contributed by atoms with Crippen LogP contribution in [0.3, 0.4) is 0 Å². The van der Waals surface area contributed by atoms with Gasteiger partial charge >= 0.3 is 0 Å². The molecule has 0 amide bonds. The minimum atomic E-state index is -3.44. The molecule has 4 nitrogen and oxygen atoms in total. The molecule has 1 aromatic heterocycles. The van der Waals surface area contributed by atoms with E-state index in [2.05, 4.69) is 9.71 Å². The van der Waals surface area contributed by atoms with Gasteiger partial charge in [0.25, 0.3) is 0 Å². The lowest BCUT2D eigenvalue weighted by molar-refractivity contribution is 0.307. The minimum Gasteiger partial charge on any atom is -0.283 e. The Morgan fingerprint density at radius 3 is 2.53 bits per heavy atom. The standard InChI is InChI=1S/C23H22ClFN2O2S/c24-16-1-4-18(5-2-16)27-30(28,29)22-14-23(22)10-7-15(8-11-23)19-9-12-26-21-6-3-17(25)13-20(19)21/h1-6,9,12-13,15,22,27H,7-8,10-11,14H2. The van der Waals surface area contributed by atoms with Crippen LogP contribution in [0.25, 0.3) is 10.9 Å². The van der Waals surface area contributed by atoms with Gasteiger partial charge in [0.15, 0.2) is 0 Å². The van der Waals surface area contributed by atoms with Crippen LogP contribution in [0.15, 0.2) is 54.7 Å². The van der Waals surface area contributed by atoms with Gasteiger partial charge in [-0.25, -0.2) is 12.8 Å². The third kappa shape index (κ3) is 3.56. The fraction of sp³-hybridized carbons (Fsp3) is 0.348. The summed E-state index contributed by atoms with van der Waals surface area (Å²) < 4.78 is 42.3. The molecule has 0 radical (unpaired) electrons. The molecule has 0 aliphatic heterocycles. The quantitative estimate of drug-likeness (QED) is 0.546. The van der Waals surface area contributed by atoms with E-state index < -0.39 is 10.0 Å². The van der Waals surface area contributed by atoms with Gasteiger partial charge in [-0.3, -0.25) is 9.71 Å². The third-order valence-corrected chi connectivity index (χ3v) is 8.94. The lowest BCUT2D eigenvalue weighted by atomic mass is 9.76. The first kappa shape index (κ1) is 19.8. The fourth-order valence-corrected chi connectivity index (χ4v) is 7.21. The SMILES string of the molecule is O=S(=O)(Nc1ccc(Cl)cc1)C1CC12CCC(c1ccnc3ccc(F)cc13)CC2. The number of benzene rings is 2. The van der Waals surface area contributed by atoms with Crippen LogP contribution in [0.2, 0.25) is 5.02 Å². The monoisotopic (exact) mass is 444 g/mol. The molecular formula is C23H22ClFN2O2S. The van der Waals surface area contributed by atoms with Crippen molar-refractivity contribution in [2.45, 2.75) is 43.3 Å². The van der Waals surface area contributed by atoms with E-state index in [9.17, 15) is 12.8 Å². The van der Waals surface area contributed by atoms with E-state index in [1.807, 2.05) is 6.07 Å². The van der Waals surface area contributed by atoms with Crippen LogP contribution in [-0.2, 0) is 10.0 Å². The summed E-state index contributed by atoms with van der Waals surface area (Å²) in [5.74, 6) is 0.0433. The van der Waals surface area contributed by atoms with E-state index in [1.165, 1.54) is 6.07 Å². The summed E-state index contributed by atoms with van der Waals surface area (Å²) >= 11 is 5.88. The second kappa shape index (κ2) is 7.20. The van der Waals surface area contributed by atoms with Gasteiger partial charge in [0, 0.05) is 22.3 Å². The lowest BCUT2D eigenvalue weighted by Gasteiger charge is -2.30. The van der Waals surface area contributed by atoms with Gasteiger partial charge in [0.2, 0.25) is 10.0 Å². The molecular weight excluding hydrogens is 423 g/mol. The predicted octanol–water partition coefficient (Wildman–Crippen LogP) is 5.89. The number of fused-ring (bicyclic) bond motifs is 1. The van der Waals surface area contributed by atoms with E-state index >= 15 is 0 Å². The van der Waals surface area contributed by atoms with Crippen molar-refractivity contribution in [1.82, 2.24) is 4.98 Å². The molecule has 2 aliphatic rings. The van der Waals surface area contributed by atoms with Crippen LogP contribution < -0.4 is 4.72 Å². The summed E-state index contributed by atoms with van der Waals surface area (Å²) in [5.41, 5.74) is 2.32.